The first-order valence-corrected chi connectivity index (χ1v) is 7.89. The first-order chi connectivity index (χ1) is 12.5. The molecule has 1 amide bonds. The third kappa shape index (κ3) is 4.50. The summed E-state index contributed by atoms with van der Waals surface area (Å²) in [7, 11) is 6.09. The number of ether oxygens (including phenoxy) is 5. The van der Waals surface area contributed by atoms with Crippen LogP contribution in [0.1, 0.15) is 5.56 Å². The van der Waals surface area contributed by atoms with Crippen LogP contribution in [0, 0.1) is 6.92 Å². The van der Waals surface area contributed by atoms with Crippen molar-refractivity contribution in [3.63, 3.8) is 0 Å². The average Bonchev–Trinajstić information content (AvgIpc) is 2.65. The van der Waals surface area contributed by atoms with E-state index < -0.39 is 0 Å². The molecule has 7 heteroatoms. The lowest BCUT2D eigenvalue weighted by Crippen LogP contribution is -2.20. The first kappa shape index (κ1) is 19.2. The predicted molar refractivity (Wildman–Crippen MR) is 98.0 cm³/mol. The number of hydrogen-bond donors (Lipinski definition) is 1. The molecule has 0 atom stereocenters. The van der Waals surface area contributed by atoms with Crippen LogP contribution in [0.2, 0.25) is 0 Å². The minimum atomic E-state index is -0.332. The Morgan fingerprint density at radius 1 is 0.846 bits per heavy atom. The lowest BCUT2D eigenvalue weighted by atomic mass is 10.2. The summed E-state index contributed by atoms with van der Waals surface area (Å²) in [6, 6.07) is 8.78. The van der Waals surface area contributed by atoms with Gasteiger partial charge in [-0.15, -0.1) is 0 Å². The van der Waals surface area contributed by atoms with Crippen molar-refractivity contribution in [3.8, 4) is 28.7 Å². The van der Waals surface area contributed by atoms with Gasteiger partial charge in [-0.3, -0.25) is 4.79 Å². The van der Waals surface area contributed by atoms with E-state index in [0.717, 1.165) is 5.56 Å². The van der Waals surface area contributed by atoms with E-state index >= 15 is 0 Å². The molecule has 0 aliphatic heterocycles. The van der Waals surface area contributed by atoms with Gasteiger partial charge in [0.05, 0.1) is 28.4 Å². The third-order valence-electron chi connectivity index (χ3n) is 3.63. The second kappa shape index (κ2) is 8.84. The second-order valence-electron chi connectivity index (χ2n) is 5.41. The molecule has 0 aliphatic rings. The Morgan fingerprint density at radius 3 is 2.00 bits per heavy atom. The summed E-state index contributed by atoms with van der Waals surface area (Å²) >= 11 is 0. The maximum Gasteiger partial charge on any atom is 0.262 e. The molecule has 7 nitrogen and oxygen atoms in total. The fraction of sp³-hybridized carbons (Fsp3) is 0.316. The molecule has 2 rings (SSSR count). The van der Waals surface area contributed by atoms with Crippen molar-refractivity contribution >= 4 is 11.6 Å². The van der Waals surface area contributed by atoms with Crippen molar-refractivity contribution in [3.05, 3.63) is 35.9 Å². The summed E-state index contributed by atoms with van der Waals surface area (Å²) in [6.45, 7) is 1.78. The number of aryl methyl sites for hydroxylation is 1. The number of rotatable bonds is 8. The first-order valence-electron chi connectivity index (χ1n) is 7.89. The maximum atomic E-state index is 12.2. The quantitative estimate of drug-likeness (QED) is 0.779. The van der Waals surface area contributed by atoms with E-state index in [1.807, 2.05) is 19.1 Å². The molecule has 2 aromatic carbocycles. The van der Waals surface area contributed by atoms with Crippen LogP contribution in [0.25, 0.3) is 0 Å². The lowest BCUT2D eigenvalue weighted by Gasteiger charge is -2.15. The second-order valence-corrected chi connectivity index (χ2v) is 5.41. The molecule has 0 fully saturated rings. The highest BCUT2D eigenvalue weighted by atomic mass is 16.5. The summed E-state index contributed by atoms with van der Waals surface area (Å²) < 4.78 is 26.6. The molecule has 0 unspecified atom stereocenters. The zero-order valence-electron chi connectivity index (χ0n) is 15.5. The molecule has 0 heterocycles. The highest BCUT2D eigenvalue weighted by Gasteiger charge is 2.15. The van der Waals surface area contributed by atoms with E-state index in [4.69, 9.17) is 23.7 Å². The molecular weight excluding hydrogens is 338 g/mol. The standard InChI is InChI=1S/C19H23NO6/c1-12-6-7-14(15(8-12)22-2)26-11-18(21)20-13-9-16(23-3)19(25-5)17(10-13)24-4/h6-10H,11H2,1-5H3,(H,20,21). The molecule has 2 aromatic rings. The van der Waals surface area contributed by atoms with E-state index in [2.05, 4.69) is 5.32 Å². The summed E-state index contributed by atoms with van der Waals surface area (Å²) in [6.07, 6.45) is 0. The van der Waals surface area contributed by atoms with Crippen LogP contribution in [-0.2, 0) is 4.79 Å². The van der Waals surface area contributed by atoms with Gasteiger partial charge in [0, 0.05) is 17.8 Å². The SMILES string of the molecule is COc1cc(C)ccc1OCC(=O)Nc1cc(OC)c(OC)c(OC)c1. The molecule has 0 bridgehead atoms. The van der Waals surface area contributed by atoms with Gasteiger partial charge in [0.1, 0.15) is 0 Å². The van der Waals surface area contributed by atoms with Crippen LogP contribution in [0.3, 0.4) is 0 Å². The Bertz CT molecular complexity index is 750. The molecule has 0 spiro atoms. The predicted octanol–water partition coefficient (Wildman–Crippen LogP) is 3.05. The van der Waals surface area contributed by atoms with E-state index in [-0.39, 0.29) is 12.5 Å². The molecule has 1 N–H and O–H groups in total. The lowest BCUT2D eigenvalue weighted by molar-refractivity contribution is -0.118. The van der Waals surface area contributed by atoms with E-state index in [1.54, 1.807) is 25.3 Å². The number of nitrogens with one attached hydrogen (secondary N) is 1. The van der Waals surface area contributed by atoms with Gasteiger partial charge in [-0.1, -0.05) is 6.07 Å². The number of carbonyl (C=O) groups excluding carboxylic acids is 1. The van der Waals surface area contributed by atoms with Gasteiger partial charge in [0.2, 0.25) is 5.75 Å². The fourth-order valence-corrected chi connectivity index (χ4v) is 2.39. The molecule has 0 saturated carbocycles. The largest absolute Gasteiger partial charge is 0.493 e. The Balaban J connectivity index is 2.08. The summed E-state index contributed by atoms with van der Waals surface area (Å²) in [4.78, 5) is 12.2. The monoisotopic (exact) mass is 361 g/mol. The van der Waals surface area contributed by atoms with Crippen LogP contribution < -0.4 is 29.0 Å². The number of anilines is 1. The minimum absolute atomic E-state index is 0.171. The van der Waals surface area contributed by atoms with Crippen LogP contribution >= 0.6 is 0 Å². The van der Waals surface area contributed by atoms with Crippen LogP contribution in [0.4, 0.5) is 5.69 Å². The summed E-state index contributed by atoms with van der Waals surface area (Å²) in [5.74, 6) is 2.09. The van der Waals surface area contributed by atoms with E-state index in [0.29, 0.717) is 34.4 Å². The molecule has 0 aromatic heterocycles. The number of carbonyl (C=O) groups is 1. The number of amides is 1. The summed E-state index contributed by atoms with van der Waals surface area (Å²) in [5.41, 5.74) is 1.54. The normalized spacial score (nSPS) is 10.0. The van der Waals surface area contributed by atoms with Gasteiger partial charge < -0.3 is 29.0 Å². The summed E-state index contributed by atoms with van der Waals surface area (Å²) in [5, 5.41) is 2.74. The molecule has 26 heavy (non-hydrogen) atoms. The highest BCUT2D eigenvalue weighted by molar-refractivity contribution is 5.92. The molecule has 0 aliphatic carbocycles. The molecule has 140 valence electrons. The zero-order valence-corrected chi connectivity index (χ0v) is 15.5. The zero-order chi connectivity index (χ0) is 19.1. The Morgan fingerprint density at radius 2 is 1.46 bits per heavy atom. The van der Waals surface area contributed by atoms with E-state index in [9.17, 15) is 4.79 Å². The van der Waals surface area contributed by atoms with Crippen molar-refractivity contribution in [1.82, 2.24) is 0 Å². The van der Waals surface area contributed by atoms with Crippen molar-refractivity contribution in [2.75, 3.05) is 40.4 Å². The van der Waals surface area contributed by atoms with Gasteiger partial charge in [-0.2, -0.15) is 0 Å². The van der Waals surface area contributed by atoms with Gasteiger partial charge >= 0.3 is 0 Å². The van der Waals surface area contributed by atoms with Gasteiger partial charge in [0.25, 0.3) is 5.91 Å². The Hall–Kier alpha value is -3.09. The van der Waals surface area contributed by atoms with Crippen LogP contribution in [0.15, 0.2) is 30.3 Å². The number of hydrogen-bond acceptors (Lipinski definition) is 6. The number of benzene rings is 2. The number of methoxy groups -OCH3 is 4. The van der Waals surface area contributed by atoms with Crippen molar-refractivity contribution in [2.24, 2.45) is 0 Å². The maximum absolute atomic E-state index is 12.2. The average molecular weight is 361 g/mol. The van der Waals surface area contributed by atoms with Gasteiger partial charge in [-0.25, -0.2) is 0 Å². The third-order valence-corrected chi connectivity index (χ3v) is 3.63. The van der Waals surface area contributed by atoms with Crippen LogP contribution in [0.5, 0.6) is 28.7 Å². The minimum Gasteiger partial charge on any atom is -0.493 e. The topological polar surface area (TPSA) is 75.3 Å². The Labute approximate surface area is 152 Å². The van der Waals surface area contributed by atoms with Crippen LogP contribution in [-0.4, -0.2) is 41.0 Å². The Kier molecular flexibility index (Phi) is 6.54. The van der Waals surface area contributed by atoms with Crippen molar-refractivity contribution in [2.45, 2.75) is 6.92 Å². The van der Waals surface area contributed by atoms with E-state index in [1.165, 1.54) is 21.3 Å². The van der Waals surface area contributed by atoms with Gasteiger partial charge in [0.15, 0.2) is 29.6 Å². The van der Waals surface area contributed by atoms with Gasteiger partial charge in [-0.05, 0) is 24.6 Å². The fourth-order valence-electron chi connectivity index (χ4n) is 2.39. The van der Waals surface area contributed by atoms with Crippen molar-refractivity contribution < 1.29 is 28.5 Å². The highest BCUT2D eigenvalue weighted by Crippen LogP contribution is 2.39. The van der Waals surface area contributed by atoms with Crippen molar-refractivity contribution in [1.29, 1.82) is 0 Å². The molecular formula is C19H23NO6. The molecule has 0 saturated heterocycles. The molecule has 0 radical (unpaired) electrons. The smallest absolute Gasteiger partial charge is 0.262 e.